The third-order valence-electron chi connectivity index (χ3n) is 3.41. The summed E-state index contributed by atoms with van der Waals surface area (Å²) in [6.07, 6.45) is 4.55. The van der Waals surface area contributed by atoms with Gasteiger partial charge >= 0.3 is 0 Å². The molecule has 0 bridgehead atoms. The molecule has 2 fully saturated rings. The van der Waals surface area contributed by atoms with E-state index in [1.165, 1.54) is 12.8 Å². The van der Waals surface area contributed by atoms with Crippen LogP contribution in [0, 0.1) is 11.8 Å². The van der Waals surface area contributed by atoms with E-state index in [9.17, 15) is 4.79 Å². The molecule has 0 spiro atoms. The number of alkyl halides is 1. The molecule has 1 amide bonds. The number of carbonyl (C=O) groups excluding carboxylic acids is 1. The van der Waals surface area contributed by atoms with Crippen LogP contribution in [0.3, 0.4) is 0 Å². The predicted molar refractivity (Wildman–Crippen MR) is 65.4 cm³/mol. The Hall–Kier alpha value is 0.110. The molecule has 0 aromatic carbocycles. The van der Waals surface area contributed by atoms with Crippen molar-refractivity contribution in [1.82, 2.24) is 5.32 Å². The second-order valence-corrected chi connectivity index (χ2v) is 6.22. The van der Waals surface area contributed by atoms with Crippen LogP contribution in [-0.4, -0.2) is 29.3 Å². The Morgan fingerprint density at radius 1 is 1.40 bits per heavy atom. The highest BCUT2D eigenvalue weighted by molar-refractivity contribution is 7.99. The molecule has 2 rings (SSSR count). The van der Waals surface area contributed by atoms with E-state index in [0.29, 0.717) is 5.92 Å². The molecule has 1 aliphatic carbocycles. The Labute approximate surface area is 101 Å². The van der Waals surface area contributed by atoms with Gasteiger partial charge in [-0.1, -0.05) is 6.42 Å². The second-order valence-electron chi connectivity index (χ2n) is 4.51. The fourth-order valence-electron chi connectivity index (χ4n) is 2.34. The van der Waals surface area contributed by atoms with E-state index in [0.717, 1.165) is 30.9 Å². The summed E-state index contributed by atoms with van der Waals surface area (Å²) in [6.45, 7) is 0.786. The van der Waals surface area contributed by atoms with E-state index >= 15 is 0 Å². The van der Waals surface area contributed by atoms with Crippen LogP contribution in [-0.2, 0) is 4.79 Å². The highest BCUT2D eigenvalue weighted by Crippen LogP contribution is 2.29. The normalized spacial score (nSPS) is 35.7. The molecule has 1 heterocycles. The van der Waals surface area contributed by atoms with Crippen molar-refractivity contribution in [1.29, 1.82) is 0 Å². The number of rotatable bonds is 3. The van der Waals surface area contributed by atoms with E-state index < -0.39 is 0 Å². The summed E-state index contributed by atoms with van der Waals surface area (Å²) in [6, 6.07) is 0. The minimum atomic E-state index is 0.246. The third-order valence-corrected chi connectivity index (χ3v) is 5.14. The highest BCUT2D eigenvalue weighted by Gasteiger charge is 2.27. The number of hydrogen-bond acceptors (Lipinski definition) is 2. The maximum atomic E-state index is 11.7. The van der Waals surface area contributed by atoms with Gasteiger partial charge in [0.25, 0.3) is 0 Å². The van der Waals surface area contributed by atoms with E-state index in [4.69, 9.17) is 11.6 Å². The minimum absolute atomic E-state index is 0.246. The molecular weight excluding hydrogens is 230 g/mol. The SMILES string of the molecule is O=C(NCC1CCCC1Cl)C1CCSC1. The number of hydrogen-bond donors (Lipinski definition) is 1. The van der Waals surface area contributed by atoms with Crippen LogP contribution in [0.1, 0.15) is 25.7 Å². The molecule has 1 saturated heterocycles. The summed E-state index contributed by atoms with van der Waals surface area (Å²) >= 11 is 8.05. The molecule has 1 N–H and O–H groups in total. The lowest BCUT2D eigenvalue weighted by atomic mass is 10.1. The summed E-state index contributed by atoms with van der Waals surface area (Å²) in [5, 5.41) is 3.34. The summed E-state index contributed by atoms with van der Waals surface area (Å²) in [4.78, 5) is 11.7. The largest absolute Gasteiger partial charge is 0.356 e. The van der Waals surface area contributed by atoms with Crippen LogP contribution in [0.15, 0.2) is 0 Å². The van der Waals surface area contributed by atoms with Crippen molar-refractivity contribution in [2.24, 2.45) is 11.8 Å². The van der Waals surface area contributed by atoms with Gasteiger partial charge in [-0.25, -0.2) is 0 Å². The van der Waals surface area contributed by atoms with Gasteiger partial charge in [-0.3, -0.25) is 4.79 Å². The summed E-state index contributed by atoms with van der Waals surface area (Å²) in [7, 11) is 0. The Morgan fingerprint density at radius 3 is 2.87 bits per heavy atom. The Kier molecular flexibility index (Phi) is 4.21. The van der Waals surface area contributed by atoms with Gasteiger partial charge in [0.2, 0.25) is 5.91 Å². The Bertz CT molecular complexity index is 231. The number of thioether (sulfide) groups is 1. The molecule has 1 saturated carbocycles. The van der Waals surface area contributed by atoms with Crippen LogP contribution in [0.5, 0.6) is 0 Å². The Morgan fingerprint density at radius 2 is 2.27 bits per heavy atom. The monoisotopic (exact) mass is 247 g/mol. The van der Waals surface area contributed by atoms with Crippen molar-refractivity contribution >= 4 is 29.3 Å². The molecule has 1 aliphatic heterocycles. The lowest BCUT2D eigenvalue weighted by molar-refractivity contribution is -0.124. The summed E-state index contributed by atoms with van der Waals surface area (Å²) in [5.41, 5.74) is 0. The number of carbonyl (C=O) groups is 1. The smallest absolute Gasteiger partial charge is 0.223 e. The number of amides is 1. The standard InChI is InChI=1S/C11H18ClNOS/c12-10-3-1-2-8(10)6-13-11(14)9-4-5-15-7-9/h8-10H,1-7H2,(H,13,14). The van der Waals surface area contributed by atoms with Gasteiger partial charge in [-0.15, -0.1) is 11.6 Å². The zero-order valence-electron chi connectivity index (χ0n) is 8.88. The van der Waals surface area contributed by atoms with Crippen molar-refractivity contribution in [3.63, 3.8) is 0 Å². The van der Waals surface area contributed by atoms with Gasteiger partial charge in [0, 0.05) is 23.6 Å². The van der Waals surface area contributed by atoms with E-state index in [1.807, 2.05) is 11.8 Å². The molecule has 3 atom stereocenters. The van der Waals surface area contributed by atoms with Gasteiger partial charge in [0.1, 0.15) is 0 Å². The molecule has 15 heavy (non-hydrogen) atoms. The average Bonchev–Trinajstić information content (AvgIpc) is 2.85. The van der Waals surface area contributed by atoms with Crippen LogP contribution in [0.4, 0.5) is 0 Å². The average molecular weight is 248 g/mol. The van der Waals surface area contributed by atoms with Gasteiger partial charge in [0.05, 0.1) is 0 Å². The fraction of sp³-hybridized carbons (Fsp3) is 0.909. The zero-order chi connectivity index (χ0) is 10.7. The molecule has 0 aromatic heterocycles. The number of nitrogens with one attached hydrogen (secondary N) is 1. The summed E-state index contributed by atoms with van der Waals surface area (Å²) in [5.74, 6) is 3.14. The minimum Gasteiger partial charge on any atom is -0.356 e. The van der Waals surface area contributed by atoms with Crippen LogP contribution >= 0.6 is 23.4 Å². The van der Waals surface area contributed by atoms with Gasteiger partial charge in [-0.05, 0) is 30.9 Å². The summed E-state index contributed by atoms with van der Waals surface area (Å²) < 4.78 is 0. The zero-order valence-corrected chi connectivity index (χ0v) is 10.4. The van der Waals surface area contributed by atoms with Crippen molar-refractivity contribution in [2.45, 2.75) is 31.1 Å². The molecule has 4 heteroatoms. The van der Waals surface area contributed by atoms with E-state index in [-0.39, 0.29) is 17.2 Å². The van der Waals surface area contributed by atoms with Crippen molar-refractivity contribution < 1.29 is 4.79 Å². The third kappa shape index (κ3) is 3.04. The molecule has 3 unspecified atom stereocenters. The molecule has 86 valence electrons. The molecule has 2 nitrogen and oxygen atoms in total. The molecule has 0 radical (unpaired) electrons. The lowest BCUT2D eigenvalue weighted by Gasteiger charge is -2.16. The van der Waals surface area contributed by atoms with Crippen LogP contribution in [0.2, 0.25) is 0 Å². The second kappa shape index (κ2) is 5.44. The van der Waals surface area contributed by atoms with Crippen LogP contribution in [0.25, 0.3) is 0 Å². The Balaban J connectivity index is 1.70. The van der Waals surface area contributed by atoms with Gasteiger partial charge in [0.15, 0.2) is 0 Å². The topological polar surface area (TPSA) is 29.1 Å². The number of halogens is 1. The molecule has 2 aliphatic rings. The molecule has 0 aromatic rings. The first-order valence-electron chi connectivity index (χ1n) is 5.77. The van der Waals surface area contributed by atoms with Crippen molar-refractivity contribution in [2.75, 3.05) is 18.1 Å². The first-order valence-corrected chi connectivity index (χ1v) is 7.36. The maximum Gasteiger partial charge on any atom is 0.223 e. The predicted octanol–water partition coefficient (Wildman–Crippen LogP) is 2.26. The first kappa shape index (κ1) is 11.6. The molecular formula is C11H18ClNOS. The quantitative estimate of drug-likeness (QED) is 0.776. The van der Waals surface area contributed by atoms with Crippen LogP contribution < -0.4 is 5.32 Å². The first-order chi connectivity index (χ1) is 7.27. The fourth-order valence-corrected chi connectivity index (χ4v) is 3.93. The maximum absolute atomic E-state index is 11.7. The van der Waals surface area contributed by atoms with Gasteiger partial charge < -0.3 is 5.32 Å². The highest BCUT2D eigenvalue weighted by atomic mass is 35.5. The van der Waals surface area contributed by atoms with E-state index in [2.05, 4.69) is 5.32 Å². The van der Waals surface area contributed by atoms with Gasteiger partial charge in [-0.2, -0.15) is 11.8 Å². The van der Waals surface area contributed by atoms with Crippen molar-refractivity contribution in [3.8, 4) is 0 Å². The van der Waals surface area contributed by atoms with E-state index in [1.54, 1.807) is 0 Å². The van der Waals surface area contributed by atoms with Crippen molar-refractivity contribution in [3.05, 3.63) is 0 Å². The lowest BCUT2D eigenvalue weighted by Crippen LogP contribution is -2.35.